The Bertz CT molecular complexity index is 871. The quantitative estimate of drug-likeness (QED) is 0.384. The molecule has 1 aliphatic heterocycles. The van der Waals surface area contributed by atoms with Crippen molar-refractivity contribution in [1.82, 2.24) is 10.2 Å². The van der Waals surface area contributed by atoms with Crippen molar-refractivity contribution in [3.8, 4) is 0 Å². The van der Waals surface area contributed by atoms with Crippen LogP contribution in [0.5, 0.6) is 0 Å². The fourth-order valence-corrected chi connectivity index (χ4v) is 3.55. The number of rotatable bonds is 7. The minimum Gasteiger partial charge on any atom is -0.372 e. The van der Waals surface area contributed by atoms with Gasteiger partial charge in [0.25, 0.3) is 0 Å². The number of carbonyl (C=O) groups excluding carboxylic acids is 3. The zero-order valence-electron chi connectivity index (χ0n) is 23.2. The molecule has 3 rings (SSSR count). The van der Waals surface area contributed by atoms with Crippen molar-refractivity contribution < 1.29 is 14.4 Å². The van der Waals surface area contributed by atoms with Gasteiger partial charge in [0.15, 0.2) is 0 Å². The van der Waals surface area contributed by atoms with Crippen molar-refractivity contribution in [2.45, 2.75) is 59.4 Å². The fourth-order valence-electron chi connectivity index (χ4n) is 3.55. The summed E-state index contributed by atoms with van der Waals surface area (Å²) in [5.74, 6) is -0.00639. The number of nitrogens with zero attached hydrogens (tertiary/aromatic N) is 1. The molecule has 0 spiro atoms. The van der Waals surface area contributed by atoms with Crippen molar-refractivity contribution in [1.29, 1.82) is 0 Å². The number of allylic oxidation sites excluding steroid dienone is 2. The van der Waals surface area contributed by atoms with Crippen molar-refractivity contribution >= 4 is 18.2 Å². The van der Waals surface area contributed by atoms with Gasteiger partial charge in [0.2, 0.25) is 18.2 Å². The first-order valence-electron chi connectivity index (χ1n) is 12.7. The van der Waals surface area contributed by atoms with Crippen LogP contribution in [0.4, 0.5) is 0 Å². The monoisotopic (exact) mass is 510 g/mol. The topological polar surface area (TPSA) is 119 Å². The van der Waals surface area contributed by atoms with Crippen LogP contribution in [0.1, 0.15) is 58.1 Å². The number of hydrogen-bond donors (Lipinski definition) is 3. The second-order valence-electron chi connectivity index (χ2n) is 9.45. The lowest BCUT2D eigenvalue weighted by Crippen LogP contribution is -2.36. The molecule has 2 aromatic carbocycles. The van der Waals surface area contributed by atoms with Gasteiger partial charge in [-0.1, -0.05) is 86.7 Å². The van der Waals surface area contributed by atoms with Gasteiger partial charge in [-0.3, -0.25) is 14.4 Å². The Morgan fingerprint density at radius 1 is 1.00 bits per heavy atom. The van der Waals surface area contributed by atoms with Crippen LogP contribution in [0.2, 0.25) is 0 Å². The molecule has 1 saturated heterocycles. The number of nitrogens with two attached hydrogens (primary N) is 2. The first-order chi connectivity index (χ1) is 17.6. The second kappa shape index (κ2) is 19.7. The number of likely N-dealkylation sites (N-methyl/N-ethyl adjacent to an activating group) is 1. The van der Waals surface area contributed by atoms with Gasteiger partial charge in [0.1, 0.15) is 0 Å². The largest absolute Gasteiger partial charge is 0.372 e. The summed E-state index contributed by atoms with van der Waals surface area (Å²) in [4.78, 5) is 32.5. The second-order valence-corrected chi connectivity index (χ2v) is 9.45. The molecule has 5 N–H and O–H groups in total. The Labute approximate surface area is 223 Å². The summed E-state index contributed by atoms with van der Waals surface area (Å²) in [6.45, 7) is 9.86. The predicted molar refractivity (Wildman–Crippen MR) is 153 cm³/mol. The average Bonchev–Trinajstić information content (AvgIpc) is 3.41. The first kappa shape index (κ1) is 33.5. The summed E-state index contributed by atoms with van der Waals surface area (Å²) < 4.78 is 0. The van der Waals surface area contributed by atoms with Crippen molar-refractivity contribution in [2.75, 3.05) is 20.1 Å². The molecule has 1 aliphatic rings. The number of likely N-dealkylation sites (tertiary alicyclic amines) is 1. The number of hydrogen-bond acceptors (Lipinski definition) is 4. The van der Waals surface area contributed by atoms with Crippen LogP contribution < -0.4 is 16.8 Å². The van der Waals surface area contributed by atoms with Crippen LogP contribution in [0.25, 0.3) is 0 Å². The molecule has 1 atom stereocenters. The molecule has 7 nitrogen and oxygen atoms in total. The first-order valence-corrected chi connectivity index (χ1v) is 12.7. The summed E-state index contributed by atoms with van der Waals surface area (Å²) in [6, 6.07) is 20.9. The lowest BCUT2D eigenvalue weighted by Gasteiger charge is -2.23. The van der Waals surface area contributed by atoms with Gasteiger partial charge in [0.05, 0.1) is 6.04 Å². The summed E-state index contributed by atoms with van der Waals surface area (Å²) in [6.07, 6.45) is 8.41. The normalized spacial score (nSPS) is 13.2. The van der Waals surface area contributed by atoms with E-state index in [-0.39, 0.29) is 23.8 Å². The van der Waals surface area contributed by atoms with E-state index in [1.165, 1.54) is 24.0 Å². The van der Waals surface area contributed by atoms with Crippen LogP contribution >= 0.6 is 0 Å². The number of primary amides is 2. The summed E-state index contributed by atoms with van der Waals surface area (Å²) >= 11 is 0. The molecule has 1 unspecified atom stereocenters. The molecule has 1 fully saturated rings. The third-order valence-electron chi connectivity index (χ3n) is 5.64. The van der Waals surface area contributed by atoms with Crippen LogP contribution in [-0.4, -0.2) is 49.3 Å². The number of amides is 3. The van der Waals surface area contributed by atoms with Gasteiger partial charge in [-0.05, 0) is 56.7 Å². The standard InChI is InChI=1S/C13H12.C12H21NO.C4H10N2O.CH3NO/c1-3-7-12(8-4-1)11-13-9-5-2-6-10-13;1-4-7-12(2,3)10-11(14)13-8-5-6-9-13;1-3(6-2)4(5)7;2-1-3/h1-10H,11H2;4,7H,5-6,8-10H2,1-3H3;3,6H,1-2H3,(H2,5,7);1H,(H2,2,3)/b;7-4-;;. The van der Waals surface area contributed by atoms with Crippen molar-refractivity contribution in [2.24, 2.45) is 16.9 Å². The molecule has 0 aromatic heterocycles. The Morgan fingerprint density at radius 3 is 1.76 bits per heavy atom. The van der Waals surface area contributed by atoms with Crippen LogP contribution in [-0.2, 0) is 20.8 Å². The maximum absolute atomic E-state index is 11.8. The SMILES string of the molecule is C/C=C\C(C)(C)CC(=O)N1CCCC1.CNC(C)C(N)=O.NC=O.c1ccc(Cc2ccccc2)cc1. The zero-order chi connectivity index (χ0) is 28.1. The van der Waals surface area contributed by atoms with Gasteiger partial charge in [-0.15, -0.1) is 0 Å². The third-order valence-corrected chi connectivity index (χ3v) is 5.64. The molecule has 7 heteroatoms. The number of nitrogens with one attached hydrogen (secondary N) is 1. The van der Waals surface area contributed by atoms with E-state index in [2.05, 4.69) is 91.6 Å². The van der Waals surface area contributed by atoms with E-state index in [1.807, 2.05) is 17.9 Å². The molecule has 2 aromatic rings. The molecule has 0 bridgehead atoms. The lowest BCUT2D eigenvalue weighted by molar-refractivity contribution is -0.131. The van der Waals surface area contributed by atoms with E-state index in [0.717, 1.165) is 19.5 Å². The highest BCUT2D eigenvalue weighted by Crippen LogP contribution is 2.24. The van der Waals surface area contributed by atoms with Crippen molar-refractivity contribution in [3.05, 3.63) is 83.9 Å². The van der Waals surface area contributed by atoms with E-state index in [0.29, 0.717) is 12.3 Å². The highest BCUT2D eigenvalue weighted by Gasteiger charge is 2.24. The molecule has 204 valence electrons. The molecule has 37 heavy (non-hydrogen) atoms. The van der Waals surface area contributed by atoms with E-state index < -0.39 is 0 Å². The van der Waals surface area contributed by atoms with Gasteiger partial charge in [-0.2, -0.15) is 0 Å². The fraction of sp³-hybridized carbons (Fsp3) is 0.433. The number of carbonyl (C=O) groups is 3. The van der Waals surface area contributed by atoms with E-state index in [1.54, 1.807) is 14.0 Å². The lowest BCUT2D eigenvalue weighted by atomic mass is 9.88. The summed E-state index contributed by atoms with van der Waals surface area (Å²) in [5, 5.41) is 2.69. The minimum absolute atomic E-state index is 0.00836. The molecule has 0 aliphatic carbocycles. The molecule has 1 heterocycles. The maximum Gasteiger partial charge on any atom is 0.234 e. The molecule has 3 amide bonds. The van der Waals surface area contributed by atoms with E-state index in [4.69, 9.17) is 10.5 Å². The van der Waals surface area contributed by atoms with Crippen molar-refractivity contribution in [3.63, 3.8) is 0 Å². The van der Waals surface area contributed by atoms with Crippen LogP contribution in [0.15, 0.2) is 72.8 Å². The average molecular weight is 511 g/mol. The maximum atomic E-state index is 11.8. The zero-order valence-corrected chi connectivity index (χ0v) is 23.2. The van der Waals surface area contributed by atoms with E-state index >= 15 is 0 Å². The minimum atomic E-state index is -0.317. The molecule has 0 saturated carbocycles. The number of benzene rings is 2. The predicted octanol–water partition coefficient (Wildman–Crippen LogP) is 4.06. The van der Waals surface area contributed by atoms with Gasteiger partial charge in [-0.25, -0.2) is 0 Å². The van der Waals surface area contributed by atoms with Crippen LogP contribution in [0, 0.1) is 5.41 Å². The van der Waals surface area contributed by atoms with Crippen LogP contribution in [0.3, 0.4) is 0 Å². The summed E-state index contributed by atoms with van der Waals surface area (Å²) in [5.41, 5.74) is 11.8. The Morgan fingerprint density at radius 2 is 1.43 bits per heavy atom. The smallest absolute Gasteiger partial charge is 0.234 e. The van der Waals surface area contributed by atoms with Gasteiger partial charge >= 0.3 is 0 Å². The third kappa shape index (κ3) is 16.8. The van der Waals surface area contributed by atoms with E-state index in [9.17, 15) is 9.59 Å². The van der Waals surface area contributed by atoms with Gasteiger partial charge in [0, 0.05) is 19.5 Å². The summed E-state index contributed by atoms with van der Waals surface area (Å²) in [7, 11) is 1.69. The highest BCUT2D eigenvalue weighted by atomic mass is 16.2. The Kier molecular flexibility index (Phi) is 17.9. The molecular weight excluding hydrogens is 464 g/mol. The molecule has 0 radical (unpaired) electrons. The molecular formula is C30H46N4O3. The highest BCUT2D eigenvalue weighted by molar-refractivity contribution is 5.79. The Balaban J connectivity index is 0.000000522. The Hall–Kier alpha value is -3.45. The van der Waals surface area contributed by atoms with Gasteiger partial charge < -0.3 is 21.7 Å².